The molecule has 3 N–H and O–H groups in total. The number of hydrogen-bond acceptors (Lipinski definition) is 5. The van der Waals surface area contributed by atoms with E-state index >= 15 is 0 Å². The number of aliphatic hydroxyl groups is 1. The summed E-state index contributed by atoms with van der Waals surface area (Å²) in [4.78, 5) is 27.4. The molecule has 3 aromatic rings. The van der Waals surface area contributed by atoms with Crippen LogP contribution in [0, 0.1) is 5.92 Å². The smallest absolute Gasteiger partial charge is 0.433 e. The standard InChI is InChI=1S/C24H25F3N4O4/c1-13(32)9-15-10-20-16(12-31(30-20)17-7-5-14(6-8-17)23(34)35)11-19(15)29-22(33)18-3-2-4-21(28-18)24(25,26)27/h2-4,10-14,17,32H,5-9H2,1H3,(H,29,33)(H,34,35). The second-order valence-electron chi connectivity index (χ2n) is 8.93. The van der Waals surface area contributed by atoms with Gasteiger partial charge in [0.1, 0.15) is 11.4 Å². The van der Waals surface area contributed by atoms with Crippen LogP contribution >= 0.6 is 0 Å². The lowest BCUT2D eigenvalue weighted by molar-refractivity contribution is -0.143. The van der Waals surface area contributed by atoms with Crippen LogP contribution in [0.1, 0.15) is 60.4 Å². The highest BCUT2D eigenvalue weighted by atomic mass is 19.4. The molecule has 1 saturated carbocycles. The Labute approximate surface area is 198 Å². The summed E-state index contributed by atoms with van der Waals surface area (Å²) in [5, 5.41) is 27.1. The van der Waals surface area contributed by atoms with Gasteiger partial charge in [-0.05, 0) is 62.4 Å². The Morgan fingerprint density at radius 2 is 1.91 bits per heavy atom. The van der Waals surface area contributed by atoms with Gasteiger partial charge in [-0.3, -0.25) is 14.3 Å². The molecule has 1 aliphatic rings. The normalized spacial score (nSPS) is 19.5. The molecular weight excluding hydrogens is 465 g/mol. The topological polar surface area (TPSA) is 117 Å². The molecule has 0 saturated heterocycles. The Bertz CT molecular complexity index is 1250. The highest BCUT2D eigenvalue weighted by molar-refractivity contribution is 6.04. The van der Waals surface area contributed by atoms with Crippen molar-refractivity contribution in [3.8, 4) is 0 Å². The van der Waals surface area contributed by atoms with Gasteiger partial charge in [0.05, 0.1) is 23.6 Å². The van der Waals surface area contributed by atoms with Gasteiger partial charge >= 0.3 is 12.1 Å². The monoisotopic (exact) mass is 490 g/mol. The van der Waals surface area contributed by atoms with E-state index in [1.807, 2.05) is 6.20 Å². The zero-order valence-corrected chi connectivity index (χ0v) is 18.9. The van der Waals surface area contributed by atoms with E-state index in [1.165, 1.54) is 6.07 Å². The van der Waals surface area contributed by atoms with Crippen molar-refractivity contribution in [1.82, 2.24) is 14.8 Å². The Hall–Kier alpha value is -3.47. The van der Waals surface area contributed by atoms with Crippen LogP contribution in [0.3, 0.4) is 0 Å². The number of carbonyl (C=O) groups is 2. The van der Waals surface area contributed by atoms with Gasteiger partial charge in [0.2, 0.25) is 0 Å². The number of amides is 1. The summed E-state index contributed by atoms with van der Waals surface area (Å²) < 4.78 is 40.8. The molecule has 1 amide bonds. The first-order valence-electron chi connectivity index (χ1n) is 11.3. The van der Waals surface area contributed by atoms with Crippen molar-refractivity contribution in [1.29, 1.82) is 0 Å². The third kappa shape index (κ3) is 5.61. The fourth-order valence-corrected chi connectivity index (χ4v) is 4.42. The number of carboxylic acids is 1. The Morgan fingerprint density at radius 3 is 2.54 bits per heavy atom. The average Bonchev–Trinajstić information content (AvgIpc) is 3.21. The average molecular weight is 490 g/mol. The van der Waals surface area contributed by atoms with Gasteiger partial charge < -0.3 is 15.5 Å². The molecule has 1 aliphatic carbocycles. The van der Waals surface area contributed by atoms with Crippen LogP contribution in [0.4, 0.5) is 18.9 Å². The van der Waals surface area contributed by atoms with Gasteiger partial charge in [0.15, 0.2) is 0 Å². The van der Waals surface area contributed by atoms with Crippen molar-refractivity contribution in [2.24, 2.45) is 5.92 Å². The Kier molecular flexibility index (Phi) is 6.79. The number of nitrogens with one attached hydrogen (secondary N) is 1. The maximum atomic E-state index is 13.0. The molecule has 4 rings (SSSR count). The van der Waals surface area contributed by atoms with Crippen molar-refractivity contribution in [2.45, 2.75) is 57.3 Å². The van der Waals surface area contributed by atoms with E-state index in [4.69, 9.17) is 0 Å². The van der Waals surface area contributed by atoms with Crippen molar-refractivity contribution in [3.05, 3.63) is 53.5 Å². The van der Waals surface area contributed by atoms with Crippen molar-refractivity contribution < 1.29 is 33.0 Å². The number of benzene rings is 1. The van der Waals surface area contributed by atoms with Crippen LogP contribution in [0.2, 0.25) is 0 Å². The van der Waals surface area contributed by atoms with Gasteiger partial charge in [-0.25, -0.2) is 4.98 Å². The molecule has 1 atom stereocenters. The number of aliphatic carboxylic acids is 1. The largest absolute Gasteiger partial charge is 0.481 e. The van der Waals surface area contributed by atoms with Gasteiger partial charge in [-0.15, -0.1) is 0 Å². The molecule has 11 heteroatoms. The lowest BCUT2D eigenvalue weighted by Gasteiger charge is -2.26. The number of anilines is 1. The fourth-order valence-electron chi connectivity index (χ4n) is 4.42. The molecular formula is C24H25F3N4O4. The summed E-state index contributed by atoms with van der Waals surface area (Å²) in [7, 11) is 0. The second kappa shape index (κ2) is 9.65. The Morgan fingerprint density at radius 1 is 1.20 bits per heavy atom. The molecule has 0 spiro atoms. The molecule has 0 radical (unpaired) electrons. The summed E-state index contributed by atoms with van der Waals surface area (Å²) in [6.45, 7) is 1.59. The van der Waals surface area contributed by atoms with Crippen LogP contribution in [-0.4, -0.2) is 43.0 Å². The molecule has 2 aromatic heterocycles. The molecule has 8 nitrogen and oxygen atoms in total. The lowest BCUT2D eigenvalue weighted by Crippen LogP contribution is -2.23. The molecule has 2 heterocycles. The number of halogens is 3. The molecule has 1 aromatic carbocycles. The van der Waals surface area contributed by atoms with E-state index in [-0.39, 0.29) is 24.1 Å². The Balaban J connectivity index is 1.61. The van der Waals surface area contributed by atoms with Crippen LogP contribution in [0.25, 0.3) is 10.9 Å². The summed E-state index contributed by atoms with van der Waals surface area (Å²) in [5.74, 6) is -1.94. The number of carboxylic acid groups (broad SMARTS) is 1. The third-order valence-electron chi connectivity index (χ3n) is 6.20. The lowest BCUT2D eigenvalue weighted by atomic mass is 9.86. The van der Waals surface area contributed by atoms with Gasteiger partial charge in [-0.1, -0.05) is 6.07 Å². The van der Waals surface area contributed by atoms with Crippen molar-refractivity contribution >= 4 is 28.5 Å². The molecule has 0 bridgehead atoms. The van der Waals surface area contributed by atoms with Gasteiger partial charge in [-0.2, -0.15) is 18.3 Å². The predicted octanol–water partition coefficient (Wildman–Crippen LogP) is 4.44. The fraction of sp³-hybridized carbons (Fsp3) is 0.417. The second-order valence-corrected chi connectivity index (χ2v) is 8.93. The minimum atomic E-state index is -4.68. The molecule has 1 unspecified atom stereocenters. The van der Waals surface area contributed by atoms with E-state index in [1.54, 1.807) is 23.7 Å². The van der Waals surface area contributed by atoms with Crippen LogP contribution in [-0.2, 0) is 17.4 Å². The minimum absolute atomic E-state index is 0.0468. The number of aliphatic hydroxyl groups excluding tert-OH is 1. The van der Waals surface area contributed by atoms with Crippen LogP contribution in [0.5, 0.6) is 0 Å². The van der Waals surface area contributed by atoms with Crippen LogP contribution in [0.15, 0.2) is 36.5 Å². The van der Waals surface area contributed by atoms with E-state index in [0.29, 0.717) is 47.8 Å². The van der Waals surface area contributed by atoms with E-state index in [0.717, 1.165) is 12.1 Å². The number of alkyl halides is 3. The summed E-state index contributed by atoms with van der Waals surface area (Å²) >= 11 is 0. The molecule has 35 heavy (non-hydrogen) atoms. The predicted molar refractivity (Wildman–Crippen MR) is 121 cm³/mol. The van der Waals surface area contributed by atoms with Gasteiger partial charge in [0, 0.05) is 23.7 Å². The number of aromatic nitrogens is 3. The number of fused-ring (bicyclic) bond motifs is 1. The minimum Gasteiger partial charge on any atom is -0.481 e. The molecule has 0 aliphatic heterocycles. The first kappa shape index (κ1) is 24.6. The number of nitrogens with zero attached hydrogens (tertiary/aromatic N) is 3. The highest BCUT2D eigenvalue weighted by Gasteiger charge is 2.33. The maximum absolute atomic E-state index is 13.0. The van der Waals surface area contributed by atoms with Crippen molar-refractivity contribution in [3.63, 3.8) is 0 Å². The summed E-state index contributed by atoms with van der Waals surface area (Å²) in [6, 6.07) is 6.56. The first-order valence-corrected chi connectivity index (χ1v) is 11.3. The number of pyridine rings is 1. The van der Waals surface area contributed by atoms with E-state index < -0.39 is 29.9 Å². The number of hydrogen-bond donors (Lipinski definition) is 3. The summed E-state index contributed by atoms with van der Waals surface area (Å²) in [6.07, 6.45) is -0.923. The third-order valence-corrected chi connectivity index (χ3v) is 6.20. The molecule has 1 fully saturated rings. The zero-order chi connectivity index (χ0) is 25.3. The zero-order valence-electron chi connectivity index (χ0n) is 18.9. The quantitative estimate of drug-likeness (QED) is 0.470. The van der Waals surface area contributed by atoms with E-state index in [9.17, 15) is 33.0 Å². The maximum Gasteiger partial charge on any atom is 0.433 e. The highest BCUT2D eigenvalue weighted by Crippen LogP contribution is 2.34. The van der Waals surface area contributed by atoms with Crippen molar-refractivity contribution in [2.75, 3.05) is 5.32 Å². The molecule has 186 valence electrons. The van der Waals surface area contributed by atoms with Gasteiger partial charge in [0.25, 0.3) is 5.91 Å². The van der Waals surface area contributed by atoms with Crippen LogP contribution < -0.4 is 5.32 Å². The summed E-state index contributed by atoms with van der Waals surface area (Å²) in [5.41, 5.74) is 0.0121. The SMILES string of the molecule is CC(O)Cc1cc2nn(C3CCC(C(=O)O)CC3)cc2cc1NC(=O)c1cccc(C(F)(F)F)n1. The first-order chi connectivity index (χ1) is 16.5. The number of rotatable bonds is 6. The van der Waals surface area contributed by atoms with E-state index in [2.05, 4.69) is 15.4 Å². The number of carbonyl (C=O) groups excluding carboxylic acids is 1.